The molecule has 0 saturated carbocycles. The Labute approximate surface area is 91.1 Å². The number of anilines is 1. The van der Waals surface area contributed by atoms with Gasteiger partial charge in [-0.15, -0.1) is 0 Å². The van der Waals surface area contributed by atoms with Gasteiger partial charge < -0.3 is 0 Å². The van der Waals surface area contributed by atoms with E-state index in [0.29, 0.717) is 0 Å². The summed E-state index contributed by atoms with van der Waals surface area (Å²) in [5.74, 6) is 0. The van der Waals surface area contributed by atoms with Crippen molar-refractivity contribution in [1.29, 1.82) is 0 Å². The van der Waals surface area contributed by atoms with Crippen LogP contribution in [-0.4, -0.2) is 19.6 Å². The summed E-state index contributed by atoms with van der Waals surface area (Å²) in [7, 11) is -3.44. The maximum Gasteiger partial charge on any atom is 0.271 e. The molecule has 0 radical (unpaired) electrons. The Kier molecular flexibility index (Phi) is 3.15. The highest BCUT2D eigenvalue weighted by Crippen LogP contribution is 2.26. The number of nitro groups is 1. The quantitative estimate of drug-likeness (QED) is 0.652. The van der Waals surface area contributed by atoms with Crippen molar-refractivity contribution in [2.45, 2.75) is 0 Å². The first-order valence-electron chi connectivity index (χ1n) is 3.71. The Morgan fingerprint density at radius 2 is 2.07 bits per heavy atom. The molecule has 0 bridgehead atoms. The number of sulfonamides is 1. The molecule has 0 aliphatic rings. The third kappa shape index (κ3) is 3.37. The SMILES string of the molecule is CS(=O)(=O)Nc1ccc([N+](=O)[O-])cc1Cl. The number of nitrogens with zero attached hydrogens (tertiary/aromatic N) is 1. The highest BCUT2D eigenvalue weighted by Gasteiger charge is 2.11. The Morgan fingerprint density at radius 1 is 1.47 bits per heavy atom. The van der Waals surface area contributed by atoms with Crippen LogP contribution >= 0.6 is 11.6 Å². The van der Waals surface area contributed by atoms with Gasteiger partial charge in [0.15, 0.2) is 0 Å². The first-order valence-corrected chi connectivity index (χ1v) is 5.98. The second-order valence-electron chi connectivity index (χ2n) is 2.80. The van der Waals surface area contributed by atoms with Crippen LogP contribution in [0.25, 0.3) is 0 Å². The molecule has 0 aromatic heterocycles. The minimum Gasteiger partial charge on any atom is -0.282 e. The van der Waals surface area contributed by atoms with Gasteiger partial charge in [-0.3, -0.25) is 14.8 Å². The molecule has 1 N–H and O–H groups in total. The van der Waals surface area contributed by atoms with Gasteiger partial charge in [0.2, 0.25) is 10.0 Å². The second kappa shape index (κ2) is 4.03. The molecule has 82 valence electrons. The lowest BCUT2D eigenvalue weighted by atomic mass is 10.3. The van der Waals surface area contributed by atoms with Crippen molar-refractivity contribution in [1.82, 2.24) is 0 Å². The van der Waals surface area contributed by atoms with Gasteiger partial charge >= 0.3 is 0 Å². The van der Waals surface area contributed by atoms with Gasteiger partial charge in [-0.1, -0.05) is 11.6 Å². The largest absolute Gasteiger partial charge is 0.282 e. The third-order valence-electron chi connectivity index (χ3n) is 1.46. The first kappa shape index (κ1) is 11.7. The Hall–Kier alpha value is -1.34. The van der Waals surface area contributed by atoms with Crippen molar-refractivity contribution >= 4 is 33.0 Å². The van der Waals surface area contributed by atoms with E-state index in [1.807, 2.05) is 0 Å². The lowest BCUT2D eigenvalue weighted by Gasteiger charge is -2.05. The molecule has 0 heterocycles. The molecule has 8 heteroatoms. The number of hydrogen-bond acceptors (Lipinski definition) is 4. The van der Waals surface area contributed by atoms with Crippen LogP contribution in [0.5, 0.6) is 0 Å². The standard InChI is InChI=1S/C7H7ClN2O4S/c1-15(13,14)9-7-3-2-5(10(11)12)4-6(7)8/h2-4,9H,1H3. The zero-order valence-electron chi connectivity index (χ0n) is 7.60. The van der Waals surface area contributed by atoms with E-state index in [9.17, 15) is 18.5 Å². The lowest BCUT2D eigenvalue weighted by molar-refractivity contribution is -0.384. The van der Waals surface area contributed by atoms with Crippen molar-refractivity contribution in [3.05, 3.63) is 33.3 Å². The number of halogens is 1. The number of hydrogen-bond donors (Lipinski definition) is 1. The molecule has 1 aromatic rings. The number of nitrogens with one attached hydrogen (secondary N) is 1. The van der Waals surface area contributed by atoms with Crippen LogP contribution in [0.15, 0.2) is 18.2 Å². The van der Waals surface area contributed by atoms with Gasteiger partial charge in [0.1, 0.15) is 0 Å². The van der Waals surface area contributed by atoms with Crippen LogP contribution in [0.2, 0.25) is 5.02 Å². The Morgan fingerprint density at radius 3 is 2.47 bits per heavy atom. The van der Waals surface area contributed by atoms with Crippen molar-refractivity contribution in [3.8, 4) is 0 Å². The van der Waals surface area contributed by atoms with E-state index < -0.39 is 14.9 Å². The van der Waals surface area contributed by atoms with Crippen molar-refractivity contribution in [3.63, 3.8) is 0 Å². The van der Waals surface area contributed by atoms with Crippen LogP contribution in [-0.2, 0) is 10.0 Å². The number of rotatable bonds is 3. The van der Waals surface area contributed by atoms with E-state index in [-0.39, 0.29) is 16.4 Å². The summed E-state index contributed by atoms with van der Waals surface area (Å²) in [6, 6.07) is 3.48. The average Bonchev–Trinajstić information content (AvgIpc) is 2.05. The van der Waals surface area contributed by atoms with Crippen molar-refractivity contribution < 1.29 is 13.3 Å². The van der Waals surface area contributed by atoms with E-state index in [1.165, 1.54) is 12.1 Å². The molecular weight excluding hydrogens is 244 g/mol. The molecule has 1 rings (SSSR count). The van der Waals surface area contributed by atoms with Gasteiger partial charge in [0.25, 0.3) is 5.69 Å². The van der Waals surface area contributed by atoms with Gasteiger partial charge in [-0.2, -0.15) is 0 Å². The highest BCUT2D eigenvalue weighted by atomic mass is 35.5. The van der Waals surface area contributed by atoms with Gasteiger partial charge in [-0.05, 0) is 6.07 Å². The van der Waals surface area contributed by atoms with Crippen LogP contribution in [0.1, 0.15) is 0 Å². The average molecular weight is 251 g/mol. The smallest absolute Gasteiger partial charge is 0.271 e. The van der Waals surface area contributed by atoms with E-state index in [1.54, 1.807) is 0 Å². The topological polar surface area (TPSA) is 89.3 Å². The van der Waals surface area contributed by atoms with Gasteiger partial charge in [-0.25, -0.2) is 8.42 Å². The first-order chi connectivity index (χ1) is 6.79. The fourth-order valence-electron chi connectivity index (χ4n) is 0.900. The zero-order valence-corrected chi connectivity index (χ0v) is 9.17. The molecule has 6 nitrogen and oxygen atoms in total. The summed E-state index contributed by atoms with van der Waals surface area (Å²) in [6.07, 6.45) is 0.963. The molecule has 0 amide bonds. The fourth-order valence-corrected chi connectivity index (χ4v) is 1.76. The zero-order chi connectivity index (χ0) is 11.6. The fraction of sp³-hybridized carbons (Fsp3) is 0.143. The summed E-state index contributed by atoms with van der Waals surface area (Å²) in [5.41, 5.74) is -0.0798. The van der Waals surface area contributed by atoms with E-state index >= 15 is 0 Å². The number of non-ortho nitro benzene ring substituents is 1. The lowest BCUT2D eigenvalue weighted by Crippen LogP contribution is -2.09. The van der Waals surface area contributed by atoms with Crippen LogP contribution in [0, 0.1) is 10.1 Å². The van der Waals surface area contributed by atoms with E-state index in [0.717, 1.165) is 12.3 Å². The molecule has 0 atom stereocenters. The number of benzene rings is 1. The predicted molar refractivity (Wildman–Crippen MR) is 56.6 cm³/mol. The summed E-state index contributed by atoms with van der Waals surface area (Å²) in [5, 5.41) is 10.3. The van der Waals surface area contributed by atoms with Gasteiger partial charge in [0.05, 0.1) is 21.9 Å². The van der Waals surface area contributed by atoms with E-state index in [2.05, 4.69) is 4.72 Å². The highest BCUT2D eigenvalue weighted by molar-refractivity contribution is 7.92. The molecular formula is C7H7ClN2O4S. The van der Waals surface area contributed by atoms with Crippen LogP contribution in [0.4, 0.5) is 11.4 Å². The molecule has 0 fully saturated rings. The maximum absolute atomic E-state index is 10.9. The normalized spacial score (nSPS) is 11.1. The second-order valence-corrected chi connectivity index (χ2v) is 4.95. The van der Waals surface area contributed by atoms with Crippen LogP contribution < -0.4 is 4.72 Å². The molecule has 0 unspecified atom stereocenters. The molecule has 0 aliphatic heterocycles. The summed E-state index contributed by atoms with van der Waals surface area (Å²) >= 11 is 5.65. The maximum atomic E-state index is 10.9. The minimum atomic E-state index is -3.44. The van der Waals surface area contributed by atoms with Crippen molar-refractivity contribution in [2.24, 2.45) is 0 Å². The summed E-state index contributed by atoms with van der Waals surface area (Å²) in [6.45, 7) is 0. The number of nitro benzene ring substituents is 1. The molecule has 0 spiro atoms. The predicted octanol–water partition coefficient (Wildman–Crippen LogP) is 1.62. The van der Waals surface area contributed by atoms with Crippen LogP contribution in [0.3, 0.4) is 0 Å². The molecule has 0 aliphatic carbocycles. The minimum absolute atomic E-state index is 0.0189. The third-order valence-corrected chi connectivity index (χ3v) is 2.36. The summed E-state index contributed by atoms with van der Waals surface area (Å²) < 4.78 is 23.9. The Bertz CT molecular complexity index is 500. The van der Waals surface area contributed by atoms with Gasteiger partial charge in [0, 0.05) is 12.1 Å². The summed E-state index contributed by atoms with van der Waals surface area (Å²) in [4.78, 5) is 9.74. The van der Waals surface area contributed by atoms with E-state index in [4.69, 9.17) is 11.6 Å². The molecule has 15 heavy (non-hydrogen) atoms. The monoisotopic (exact) mass is 250 g/mol. The van der Waals surface area contributed by atoms with Crippen molar-refractivity contribution in [2.75, 3.05) is 11.0 Å². The Balaban J connectivity index is 3.09. The molecule has 0 saturated heterocycles. The molecule has 1 aromatic carbocycles.